The second-order valence-corrected chi connectivity index (χ2v) is 8.60. The van der Waals surface area contributed by atoms with Gasteiger partial charge in [-0.2, -0.15) is 0 Å². The van der Waals surface area contributed by atoms with E-state index in [1.807, 2.05) is 19.9 Å². The molecule has 0 bridgehead atoms. The van der Waals surface area contributed by atoms with Gasteiger partial charge in [0.1, 0.15) is 0 Å². The van der Waals surface area contributed by atoms with Crippen LogP contribution in [0.5, 0.6) is 0 Å². The van der Waals surface area contributed by atoms with Gasteiger partial charge in [-0.1, -0.05) is 47.6 Å². The molecule has 1 aliphatic heterocycles. The molecule has 1 saturated carbocycles. The lowest BCUT2D eigenvalue weighted by Crippen LogP contribution is -2.40. The van der Waals surface area contributed by atoms with Crippen molar-refractivity contribution in [1.29, 1.82) is 0 Å². The topological polar surface area (TPSA) is 30.5 Å². The summed E-state index contributed by atoms with van der Waals surface area (Å²) in [5, 5.41) is 3.34. The van der Waals surface area contributed by atoms with Crippen molar-refractivity contribution >= 4 is 0 Å². The molecule has 148 valence electrons. The summed E-state index contributed by atoms with van der Waals surface area (Å²) in [5.41, 5.74) is 0.433. The van der Waals surface area contributed by atoms with Crippen molar-refractivity contribution in [2.45, 2.75) is 92.0 Å². The minimum atomic E-state index is -0.270. The number of nitrogens with one attached hydrogen (secondary N) is 1. The first-order chi connectivity index (χ1) is 11.9. The molecule has 0 aromatic rings. The lowest BCUT2D eigenvalue weighted by molar-refractivity contribution is -0.197. The maximum atomic E-state index is 6.32. The van der Waals surface area contributed by atoms with Crippen molar-refractivity contribution in [1.82, 2.24) is 5.32 Å². The zero-order chi connectivity index (χ0) is 18.9. The molecule has 2 aliphatic rings. The van der Waals surface area contributed by atoms with Crippen molar-refractivity contribution in [3.63, 3.8) is 0 Å². The average molecular weight is 354 g/mol. The van der Waals surface area contributed by atoms with E-state index >= 15 is 0 Å². The molecule has 3 nitrogen and oxygen atoms in total. The Labute approximate surface area is 156 Å². The third-order valence-corrected chi connectivity index (χ3v) is 5.63. The Balaban J connectivity index is 0.00000151. The Morgan fingerprint density at radius 1 is 1.24 bits per heavy atom. The van der Waals surface area contributed by atoms with Gasteiger partial charge in [-0.25, -0.2) is 0 Å². The van der Waals surface area contributed by atoms with Crippen LogP contribution in [-0.2, 0) is 9.47 Å². The first kappa shape index (κ1) is 22.7. The number of hydrogen-bond acceptors (Lipinski definition) is 3. The summed E-state index contributed by atoms with van der Waals surface area (Å²) in [6.45, 7) is 19.9. The van der Waals surface area contributed by atoms with Crippen molar-refractivity contribution in [2.24, 2.45) is 17.3 Å². The summed E-state index contributed by atoms with van der Waals surface area (Å²) in [5.74, 6) is 1.30. The minimum absolute atomic E-state index is 0.257. The van der Waals surface area contributed by atoms with Gasteiger partial charge in [-0.05, 0) is 49.5 Å². The Morgan fingerprint density at radius 2 is 1.88 bits per heavy atom. The fraction of sp³-hybridized carbons (Fsp3) is 0.909. The molecule has 3 heteroatoms. The number of rotatable bonds is 8. The largest absolute Gasteiger partial charge is 0.347 e. The van der Waals surface area contributed by atoms with Gasteiger partial charge in [0.2, 0.25) is 0 Å². The van der Waals surface area contributed by atoms with E-state index in [4.69, 9.17) is 9.47 Å². The maximum Gasteiger partial charge on any atom is 0.168 e. The lowest BCUT2D eigenvalue weighted by Gasteiger charge is -2.43. The zero-order valence-electron chi connectivity index (χ0n) is 17.7. The van der Waals surface area contributed by atoms with Gasteiger partial charge in [-0.3, -0.25) is 0 Å². The van der Waals surface area contributed by atoms with Crippen LogP contribution in [-0.4, -0.2) is 31.6 Å². The highest BCUT2D eigenvalue weighted by Crippen LogP contribution is 2.48. The molecule has 0 aromatic carbocycles. The SMILES string of the molecule is C=CCNCCC1COC2(CCC(C(C)(C)CC(C)C)CC2)O1.CC. The molecular weight excluding hydrogens is 310 g/mol. The summed E-state index contributed by atoms with van der Waals surface area (Å²) >= 11 is 0. The highest BCUT2D eigenvalue weighted by molar-refractivity contribution is 4.90. The third kappa shape index (κ3) is 7.03. The van der Waals surface area contributed by atoms with Crippen molar-refractivity contribution in [3.8, 4) is 0 Å². The highest BCUT2D eigenvalue weighted by atomic mass is 16.7. The van der Waals surface area contributed by atoms with Crippen molar-refractivity contribution < 1.29 is 9.47 Å². The van der Waals surface area contributed by atoms with Crippen LogP contribution in [0, 0.1) is 17.3 Å². The second-order valence-electron chi connectivity index (χ2n) is 8.60. The van der Waals surface area contributed by atoms with Crippen LogP contribution in [0.2, 0.25) is 0 Å². The predicted octanol–water partition coefficient (Wildman–Crippen LogP) is 5.55. The molecule has 1 unspecified atom stereocenters. The average Bonchev–Trinajstić information content (AvgIpc) is 2.95. The van der Waals surface area contributed by atoms with E-state index in [9.17, 15) is 0 Å². The van der Waals surface area contributed by atoms with E-state index in [0.717, 1.165) is 50.8 Å². The van der Waals surface area contributed by atoms with Crippen molar-refractivity contribution in [3.05, 3.63) is 12.7 Å². The first-order valence-electron chi connectivity index (χ1n) is 10.5. The Hall–Kier alpha value is -0.380. The monoisotopic (exact) mass is 353 g/mol. The number of hydrogen-bond donors (Lipinski definition) is 1. The summed E-state index contributed by atoms with van der Waals surface area (Å²) in [6.07, 6.45) is 9.09. The van der Waals surface area contributed by atoms with E-state index in [0.29, 0.717) is 5.41 Å². The molecule has 0 amide bonds. The summed E-state index contributed by atoms with van der Waals surface area (Å²) in [7, 11) is 0. The van der Waals surface area contributed by atoms with E-state index < -0.39 is 0 Å². The van der Waals surface area contributed by atoms with E-state index in [1.165, 1.54) is 19.3 Å². The highest BCUT2D eigenvalue weighted by Gasteiger charge is 2.46. The van der Waals surface area contributed by atoms with Crippen LogP contribution in [0.15, 0.2) is 12.7 Å². The fourth-order valence-corrected chi connectivity index (χ4v) is 4.55. The third-order valence-electron chi connectivity index (χ3n) is 5.63. The Morgan fingerprint density at radius 3 is 2.44 bits per heavy atom. The van der Waals surface area contributed by atoms with Gasteiger partial charge in [0.25, 0.3) is 0 Å². The molecule has 1 N–H and O–H groups in total. The Kier molecular flexibility index (Phi) is 9.69. The molecule has 1 heterocycles. The van der Waals surface area contributed by atoms with Gasteiger partial charge >= 0.3 is 0 Å². The van der Waals surface area contributed by atoms with Crippen LogP contribution in [0.1, 0.15) is 80.1 Å². The molecular formula is C22H43NO2. The van der Waals surface area contributed by atoms with Crippen molar-refractivity contribution in [2.75, 3.05) is 19.7 Å². The van der Waals surface area contributed by atoms with E-state index in [-0.39, 0.29) is 11.9 Å². The molecule has 25 heavy (non-hydrogen) atoms. The normalized spacial score (nSPS) is 29.6. The van der Waals surface area contributed by atoms with Gasteiger partial charge in [0.05, 0.1) is 12.7 Å². The smallest absolute Gasteiger partial charge is 0.168 e. The van der Waals surface area contributed by atoms with Gasteiger partial charge in [-0.15, -0.1) is 6.58 Å². The lowest BCUT2D eigenvalue weighted by atomic mass is 9.66. The maximum absolute atomic E-state index is 6.32. The van der Waals surface area contributed by atoms with Crippen LogP contribution < -0.4 is 5.32 Å². The van der Waals surface area contributed by atoms with Crippen LogP contribution in [0.25, 0.3) is 0 Å². The molecule has 1 aliphatic carbocycles. The standard InChI is InChI=1S/C20H37NO2.C2H6/c1-6-12-21-13-9-18-15-22-20(23-18)10-7-17(8-11-20)19(4,5)14-16(2)3;1-2/h6,16-18,21H,1,7-15H2,2-5H3;1-2H3. The van der Waals surface area contributed by atoms with E-state index in [1.54, 1.807) is 0 Å². The van der Waals surface area contributed by atoms with Crippen LogP contribution in [0.3, 0.4) is 0 Å². The molecule has 0 aromatic heterocycles. The molecule has 2 fully saturated rings. The summed E-state index contributed by atoms with van der Waals surface area (Å²) in [6, 6.07) is 0. The predicted molar refractivity (Wildman–Crippen MR) is 108 cm³/mol. The molecule has 1 spiro atoms. The number of ether oxygens (including phenoxy) is 2. The van der Waals surface area contributed by atoms with Crippen LogP contribution in [0.4, 0.5) is 0 Å². The summed E-state index contributed by atoms with van der Waals surface area (Å²) < 4.78 is 12.4. The molecule has 2 rings (SSSR count). The Bertz CT molecular complexity index is 370. The van der Waals surface area contributed by atoms with Gasteiger partial charge in [0.15, 0.2) is 5.79 Å². The van der Waals surface area contributed by atoms with Gasteiger partial charge in [0, 0.05) is 19.4 Å². The van der Waals surface area contributed by atoms with E-state index in [2.05, 4.69) is 39.6 Å². The molecule has 0 radical (unpaired) electrons. The van der Waals surface area contributed by atoms with Crippen LogP contribution >= 0.6 is 0 Å². The fourth-order valence-electron chi connectivity index (χ4n) is 4.55. The first-order valence-corrected chi connectivity index (χ1v) is 10.5. The summed E-state index contributed by atoms with van der Waals surface area (Å²) in [4.78, 5) is 0. The minimum Gasteiger partial charge on any atom is -0.347 e. The quantitative estimate of drug-likeness (QED) is 0.458. The molecule has 1 atom stereocenters. The van der Waals surface area contributed by atoms with Gasteiger partial charge < -0.3 is 14.8 Å². The molecule has 1 saturated heterocycles. The zero-order valence-corrected chi connectivity index (χ0v) is 17.7. The second kappa shape index (κ2) is 10.7.